The van der Waals surface area contributed by atoms with Crippen LogP contribution >= 0.6 is 11.6 Å². The number of ether oxygens (including phenoxy) is 1. The van der Waals surface area contributed by atoms with E-state index in [9.17, 15) is 22.8 Å². The van der Waals surface area contributed by atoms with Crippen LogP contribution in [0.5, 0.6) is 11.6 Å². The van der Waals surface area contributed by atoms with Gasteiger partial charge in [-0.1, -0.05) is 11.6 Å². The SMILES string of the molecule is Cc1cc(Oc2nccc(Cl)c2C(F)(F)F)ccc1-c1c(C)c(=O)[nH]c(=O)n1C. The molecule has 0 aliphatic rings. The monoisotopic (exact) mass is 425 g/mol. The van der Waals surface area contributed by atoms with Gasteiger partial charge >= 0.3 is 11.9 Å². The van der Waals surface area contributed by atoms with Gasteiger partial charge in [0.15, 0.2) is 0 Å². The Morgan fingerprint density at radius 1 is 1.17 bits per heavy atom. The lowest BCUT2D eigenvalue weighted by Gasteiger charge is -2.16. The Hall–Kier alpha value is -3.07. The van der Waals surface area contributed by atoms with E-state index in [2.05, 4.69) is 9.97 Å². The van der Waals surface area contributed by atoms with E-state index in [0.717, 1.165) is 12.3 Å². The molecule has 0 aliphatic heterocycles. The first-order valence-corrected chi connectivity index (χ1v) is 8.69. The van der Waals surface area contributed by atoms with Crippen molar-refractivity contribution in [3.8, 4) is 22.9 Å². The molecule has 3 rings (SSSR count). The van der Waals surface area contributed by atoms with Gasteiger partial charge in [-0.3, -0.25) is 14.3 Å². The van der Waals surface area contributed by atoms with Gasteiger partial charge in [0.1, 0.15) is 11.3 Å². The molecule has 0 atom stereocenters. The maximum atomic E-state index is 13.3. The zero-order valence-corrected chi connectivity index (χ0v) is 16.3. The number of aromatic amines is 1. The number of nitrogens with zero attached hydrogens (tertiary/aromatic N) is 2. The molecule has 3 aromatic rings. The molecule has 6 nitrogen and oxygen atoms in total. The van der Waals surface area contributed by atoms with Crippen LogP contribution in [-0.4, -0.2) is 14.5 Å². The second kappa shape index (κ2) is 7.40. The number of H-pyrrole nitrogens is 1. The van der Waals surface area contributed by atoms with Gasteiger partial charge < -0.3 is 4.74 Å². The Kier molecular flexibility index (Phi) is 5.27. The zero-order valence-electron chi connectivity index (χ0n) is 15.5. The standard InChI is InChI=1S/C19H15ClF3N3O3/c1-9-8-11(29-17-14(19(21,22)23)13(20)6-7-24-17)4-5-12(9)15-10(2)16(27)25-18(28)26(15)3/h4-8H,1-3H3,(H,25,27,28). The molecule has 2 aromatic heterocycles. The summed E-state index contributed by atoms with van der Waals surface area (Å²) in [7, 11) is 1.51. The van der Waals surface area contributed by atoms with E-state index in [1.165, 1.54) is 23.7 Å². The number of hydrogen-bond acceptors (Lipinski definition) is 4. The van der Waals surface area contributed by atoms with Crippen molar-refractivity contribution in [3.05, 3.63) is 73.0 Å². The molecule has 0 unspecified atom stereocenters. The summed E-state index contributed by atoms with van der Waals surface area (Å²) in [5, 5.41) is -0.523. The first-order valence-electron chi connectivity index (χ1n) is 8.31. The molecule has 0 radical (unpaired) electrons. The molecule has 0 fully saturated rings. The second-order valence-electron chi connectivity index (χ2n) is 6.34. The molecule has 152 valence electrons. The largest absolute Gasteiger partial charge is 0.438 e. The van der Waals surface area contributed by atoms with Crippen LogP contribution in [0.3, 0.4) is 0 Å². The summed E-state index contributed by atoms with van der Waals surface area (Å²) >= 11 is 5.68. The summed E-state index contributed by atoms with van der Waals surface area (Å²) in [4.78, 5) is 29.7. The molecular formula is C19H15ClF3N3O3. The number of benzene rings is 1. The lowest BCUT2D eigenvalue weighted by Crippen LogP contribution is -2.31. The van der Waals surface area contributed by atoms with Gasteiger partial charge in [0, 0.05) is 24.4 Å². The van der Waals surface area contributed by atoms with Gasteiger partial charge in [-0.25, -0.2) is 9.78 Å². The number of nitrogens with one attached hydrogen (secondary N) is 1. The van der Waals surface area contributed by atoms with Crippen LogP contribution in [0.15, 0.2) is 40.1 Å². The summed E-state index contributed by atoms with van der Waals surface area (Å²) < 4.78 is 46.5. The normalized spacial score (nSPS) is 11.6. The van der Waals surface area contributed by atoms with E-state index in [1.54, 1.807) is 19.9 Å². The molecule has 0 saturated heterocycles. The quantitative estimate of drug-likeness (QED) is 0.681. The Labute approximate surface area is 167 Å². The lowest BCUT2D eigenvalue weighted by atomic mass is 10.0. The number of hydrogen-bond donors (Lipinski definition) is 1. The molecule has 0 saturated carbocycles. The number of aromatic nitrogens is 3. The molecule has 0 aliphatic carbocycles. The minimum Gasteiger partial charge on any atom is -0.438 e. The van der Waals surface area contributed by atoms with Crippen LogP contribution in [0, 0.1) is 13.8 Å². The van der Waals surface area contributed by atoms with Crippen molar-refractivity contribution in [2.45, 2.75) is 20.0 Å². The topological polar surface area (TPSA) is 77.0 Å². The minimum atomic E-state index is -4.74. The average molecular weight is 426 g/mol. The molecule has 2 heterocycles. The van der Waals surface area contributed by atoms with E-state index < -0.39 is 33.9 Å². The second-order valence-corrected chi connectivity index (χ2v) is 6.75. The van der Waals surface area contributed by atoms with Crippen LogP contribution in [0.25, 0.3) is 11.3 Å². The molecule has 0 spiro atoms. The number of alkyl halides is 3. The molecule has 1 aromatic carbocycles. The van der Waals surface area contributed by atoms with Crippen LogP contribution in [0.4, 0.5) is 13.2 Å². The Morgan fingerprint density at radius 3 is 2.48 bits per heavy atom. The lowest BCUT2D eigenvalue weighted by molar-refractivity contribution is -0.138. The molecule has 0 amide bonds. The maximum absolute atomic E-state index is 13.3. The predicted octanol–water partition coefficient (Wildman–Crippen LogP) is 4.22. The summed E-state index contributed by atoms with van der Waals surface area (Å²) in [6, 6.07) is 5.50. The van der Waals surface area contributed by atoms with Crippen molar-refractivity contribution in [1.82, 2.24) is 14.5 Å². The third kappa shape index (κ3) is 3.91. The first kappa shape index (κ1) is 20.7. The molecule has 29 heavy (non-hydrogen) atoms. The third-order valence-corrected chi connectivity index (χ3v) is 4.69. The molecule has 0 bridgehead atoms. The highest BCUT2D eigenvalue weighted by atomic mass is 35.5. The fraction of sp³-hybridized carbons (Fsp3) is 0.211. The average Bonchev–Trinajstić information content (AvgIpc) is 2.61. The van der Waals surface area contributed by atoms with Gasteiger partial charge in [-0.15, -0.1) is 0 Å². The smallest absolute Gasteiger partial charge is 0.423 e. The van der Waals surface area contributed by atoms with Crippen molar-refractivity contribution in [3.63, 3.8) is 0 Å². The fourth-order valence-corrected chi connectivity index (χ4v) is 3.19. The van der Waals surface area contributed by atoms with Crippen molar-refractivity contribution >= 4 is 11.6 Å². The summed E-state index contributed by atoms with van der Waals surface area (Å²) in [5.41, 5.74) is -0.373. The highest BCUT2D eigenvalue weighted by molar-refractivity contribution is 6.31. The van der Waals surface area contributed by atoms with Crippen LogP contribution in [0.1, 0.15) is 16.7 Å². The predicted molar refractivity (Wildman–Crippen MR) is 102 cm³/mol. The van der Waals surface area contributed by atoms with Crippen molar-refractivity contribution in [1.29, 1.82) is 0 Å². The first-order chi connectivity index (χ1) is 13.5. The number of rotatable bonds is 3. The van der Waals surface area contributed by atoms with E-state index in [1.807, 2.05) is 0 Å². The van der Waals surface area contributed by atoms with Crippen molar-refractivity contribution in [2.24, 2.45) is 7.05 Å². The fourth-order valence-electron chi connectivity index (χ4n) is 2.95. The van der Waals surface area contributed by atoms with E-state index >= 15 is 0 Å². The summed E-state index contributed by atoms with van der Waals surface area (Å²) in [6.45, 7) is 3.26. The van der Waals surface area contributed by atoms with Crippen LogP contribution in [0.2, 0.25) is 5.02 Å². The Morgan fingerprint density at radius 2 is 1.86 bits per heavy atom. The van der Waals surface area contributed by atoms with Gasteiger partial charge in [0.25, 0.3) is 5.56 Å². The van der Waals surface area contributed by atoms with Gasteiger partial charge in [0.05, 0.1) is 10.7 Å². The van der Waals surface area contributed by atoms with Gasteiger partial charge in [-0.2, -0.15) is 13.2 Å². The molecule has 1 N–H and O–H groups in total. The molecular weight excluding hydrogens is 411 g/mol. The van der Waals surface area contributed by atoms with Crippen LogP contribution < -0.4 is 16.0 Å². The van der Waals surface area contributed by atoms with E-state index in [4.69, 9.17) is 16.3 Å². The zero-order chi connectivity index (χ0) is 21.5. The number of aryl methyl sites for hydroxylation is 1. The highest BCUT2D eigenvalue weighted by Gasteiger charge is 2.38. The van der Waals surface area contributed by atoms with E-state index in [0.29, 0.717) is 22.4 Å². The van der Waals surface area contributed by atoms with Crippen LogP contribution in [-0.2, 0) is 13.2 Å². The Bertz CT molecular complexity index is 1180. The summed E-state index contributed by atoms with van der Waals surface area (Å²) in [6.07, 6.45) is -3.63. The number of pyridine rings is 1. The van der Waals surface area contributed by atoms with Gasteiger partial charge in [-0.05, 0) is 43.7 Å². The van der Waals surface area contributed by atoms with E-state index in [-0.39, 0.29) is 5.75 Å². The number of halogens is 4. The maximum Gasteiger partial charge on any atom is 0.423 e. The molecule has 10 heteroatoms. The highest BCUT2D eigenvalue weighted by Crippen LogP contribution is 2.41. The van der Waals surface area contributed by atoms with Gasteiger partial charge in [0.2, 0.25) is 5.88 Å². The van der Waals surface area contributed by atoms with Crippen molar-refractivity contribution in [2.75, 3.05) is 0 Å². The minimum absolute atomic E-state index is 0.0963. The summed E-state index contributed by atoms with van der Waals surface area (Å²) in [5.74, 6) is -0.573. The Balaban J connectivity index is 2.07. The van der Waals surface area contributed by atoms with Crippen molar-refractivity contribution < 1.29 is 17.9 Å². The third-order valence-electron chi connectivity index (χ3n) is 4.37.